The first kappa shape index (κ1) is 19.4. The second-order valence-electron chi connectivity index (χ2n) is 7.49. The highest BCUT2D eigenvalue weighted by atomic mass is 16.5. The van der Waals surface area contributed by atoms with Gasteiger partial charge in [-0.05, 0) is 31.5 Å². The van der Waals surface area contributed by atoms with Gasteiger partial charge in [0.2, 0.25) is 5.91 Å². The van der Waals surface area contributed by atoms with Gasteiger partial charge in [-0.25, -0.2) is 4.79 Å². The van der Waals surface area contributed by atoms with Gasteiger partial charge < -0.3 is 20.1 Å². The van der Waals surface area contributed by atoms with Crippen molar-refractivity contribution in [2.45, 2.75) is 37.5 Å². The number of pyridine rings is 1. The average molecular weight is 395 g/mol. The molecule has 2 fully saturated rings. The number of benzene rings is 1. The number of fused-ring (bicyclic) bond motifs is 1. The third-order valence-corrected chi connectivity index (χ3v) is 5.59. The lowest BCUT2D eigenvalue weighted by molar-refractivity contribution is -0.149. The van der Waals surface area contributed by atoms with Gasteiger partial charge in [0.1, 0.15) is 17.4 Å². The molecule has 2 aliphatic rings. The van der Waals surface area contributed by atoms with Crippen LogP contribution in [0, 0.1) is 5.92 Å². The molecule has 0 radical (unpaired) electrons. The van der Waals surface area contributed by atoms with Crippen molar-refractivity contribution in [2.75, 3.05) is 13.2 Å². The van der Waals surface area contributed by atoms with Crippen LogP contribution in [0.15, 0.2) is 49.2 Å². The minimum Gasteiger partial charge on any atom is -0.488 e. The summed E-state index contributed by atoms with van der Waals surface area (Å²) in [4.78, 5) is 29.5. The minimum absolute atomic E-state index is 0.0952. The SMILES string of the molecule is C=CC1CC1(NC(=O)C1CC(Oc2ccnc3ccccc23)CN1)C(=O)OCC. The van der Waals surface area contributed by atoms with Crippen molar-refractivity contribution in [3.8, 4) is 5.75 Å². The Labute approximate surface area is 169 Å². The van der Waals surface area contributed by atoms with Crippen molar-refractivity contribution in [2.24, 2.45) is 5.92 Å². The molecule has 7 heteroatoms. The van der Waals surface area contributed by atoms with Gasteiger partial charge in [-0.15, -0.1) is 6.58 Å². The Morgan fingerprint density at radius 3 is 2.97 bits per heavy atom. The average Bonchev–Trinajstić information content (AvgIpc) is 3.25. The number of hydrogen-bond acceptors (Lipinski definition) is 6. The van der Waals surface area contributed by atoms with Crippen LogP contribution in [-0.2, 0) is 14.3 Å². The Balaban J connectivity index is 1.40. The van der Waals surface area contributed by atoms with Crippen LogP contribution in [0.4, 0.5) is 0 Å². The van der Waals surface area contributed by atoms with Gasteiger partial charge in [-0.3, -0.25) is 9.78 Å². The topological polar surface area (TPSA) is 89.5 Å². The van der Waals surface area contributed by atoms with Crippen molar-refractivity contribution in [1.29, 1.82) is 0 Å². The van der Waals surface area contributed by atoms with Gasteiger partial charge in [-0.2, -0.15) is 0 Å². The van der Waals surface area contributed by atoms with E-state index in [9.17, 15) is 9.59 Å². The number of para-hydroxylation sites is 1. The Kier molecular flexibility index (Phi) is 5.24. The number of esters is 1. The van der Waals surface area contributed by atoms with Gasteiger partial charge in [0, 0.05) is 30.5 Å². The monoisotopic (exact) mass is 395 g/mol. The molecule has 29 heavy (non-hydrogen) atoms. The number of nitrogens with zero attached hydrogens (tertiary/aromatic N) is 1. The van der Waals surface area contributed by atoms with Gasteiger partial charge in [0.05, 0.1) is 18.2 Å². The molecule has 1 aliphatic heterocycles. The van der Waals surface area contributed by atoms with Crippen molar-refractivity contribution >= 4 is 22.8 Å². The standard InChI is InChI=1S/C22H25N3O4/c1-3-14-12-22(14,21(27)28-4-2)25-20(26)18-11-15(13-24-18)29-19-9-10-23-17-8-6-5-7-16(17)19/h3,5-10,14-15,18,24H,1,4,11-13H2,2H3,(H,25,26). The lowest BCUT2D eigenvalue weighted by Crippen LogP contribution is -2.51. The molecule has 1 saturated carbocycles. The summed E-state index contributed by atoms with van der Waals surface area (Å²) in [6.07, 6.45) is 4.30. The molecular weight excluding hydrogens is 370 g/mol. The first-order chi connectivity index (χ1) is 14.1. The Morgan fingerprint density at radius 1 is 1.38 bits per heavy atom. The quantitative estimate of drug-likeness (QED) is 0.550. The molecule has 0 spiro atoms. The lowest BCUT2D eigenvalue weighted by Gasteiger charge is -2.20. The van der Waals surface area contributed by atoms with E-state index in [1.54, 1.807) is 19.2 Å². The highest BCUT2D eigenvalue weighted by Gasteiger charge is 2.61. The molecule has 7 nitrogen and oxygen atoms in total. The summed E-state index contributed by atoms with van der Waals surface area (Å²) in [6.45, 7) is 6.32. The third-order valence-electron chi connectivity index (χ3n) is 5.59. The first-order valence-corrected chi connectivity index (χ1v) is 9.93. The highest BCUT2D eigenvalue weighted by molar-refractivity contribution is 5.93. The van der Waals surface area contributed by atoms with Crippen LogP contribution in [0.2, 0.25) is 0 Å². The van der Waals surface area contributed by atoms with Crippen molar-refractivity contribution in [3.63, 3.8) is 0 Å². The van der Waals surface area contributed by atoms with Crippen LogP contribution < -0.4 is 15.4 Å². The molecule has 0 bridgehead atoms. The molecule has 4 unspecified atom stereocenters. The summed E-state index contributed by atoms with van der Waals surface area (Å²) in [5, 5.41) is 7.04. The van der Waals surface area contributed by atoms with E-state index >= 15 is 0 Å². The van der Waals surface area contributed by atoms with Crippen LogP contribution >= 0.6 is 0 Å². The largest absolute Gasteiger partial charge is 0.488 e. The maximum atomic E-state index is 12.8. The zero-order valence-corrected chi connectivity index (χ0v) is 16.4. The van der Waals surface area contributed by atoms with Gasteiger partial charge >= 0.3 is 5.97 Å². The van der Waals surface area contributed by atoms with Crippen molar-refractivity contribution in [3.05, 3.63) is 49.2 Å². The Hall–Kier alpha value is -2.93. The zero-order chi connectivity index (χ0) is 20.4. The number of nitrogens with one attached hydrogen (secondary N) is 2. The number of carbonyl (C=O) groups is 2. The van der Waals surface area contributed by atoms with E-state index in [1.807, 2.05) is 30.3 Å². The summed E-state index contributed by atoms with van der Waals surface area (Å²) in [5.74, 6) is 0.0443. The number of ether oxygens (including phenoxy) is 2. The van der Waals surface area contributed by atoms with Crippen molar-refractivity contribution < 1.29 is 19.1 Å². The molecular formula is C22H25N3O4. The van der Waals surface area contributed by atoms with Crippen LogP contribution in [0.5, 0.6) is 5.75 Å². The van der Waals surface area contributed by atoms with E-state index in [4.69, 9.17) is 9.47 Å². The normalized spacial score (nSPS) is 28.0. The summed E-state index contributed by atoms with van der Waals surface area (Å²) in [5.41, 5.74) is -0.109. The van der Waals surface area contributed by atoms with E-state index in [2.05, 4.69) is 22.2 Å². The number of carbonyl (C=O) groups excluding carboxylic acids is 2. The van der Waals surface area contributed by atoms with Gasteiger partial charge in [-0.1, -0.05) is 18.2 Å². The fourth-order valence-electron chi connectivity index (χ4n) is 3.91. The van der Waals surface area contributed by atoms with Crippen LogP contribution in [0.3, 0.4) is 0 Å². The summed E-state index contributed by atoms with van der Waals surface area (Å²) in [6, 6.07) is 9.20. The van der Waals surface area contributed by atoms with Gasteiger partial charge in [0.15, 0.2) is 0 Å². The van der Waals surface area contributed by atoms with E-state index < -0.39 is 17.6 Å². The van der Waals surface area contributed by atoms with Crippen LogP contribution in [0.1, 0.15) is 19.8 Å². The van der Waals surface area contributed by atoms with E-state index in [1.165, 1.54) is 0 Å². The molecule has 4 rings (SSSR count). The van der Waals surface area contributed by atoms with Crippen LogP contribution in [-0.4, -0.2) is 47.7 Å². The number of amides is 1. The van der Waals surface area contributed by atoms with Crippen molar-refractivity contribution in [1.82, 2.24) is 15.6 Å². The fourth-order valence-corrected chi connectivity index (χ4v) is 3.91. The highest BCUT2D eigenvalue weighted by Crippen LogP contribution is 2.45. The second-order valence-corrected chi connectivity index (χ2v) is 7.49. The molecule has 2 heterocycles. The predicted octanol–water partition coefficient (Wildman–Crippen LogP) is 1.97. The maximum absolute atomic E-state index is 12.8. The fraction of sp³-hybridized carbons (Fsp3) is 0.409. The molecule has 1 saturated heterocycles. The number of hydrogen-bond donors (Lipinski definition) is 2. The predicted molar refractivity (Wildman–Crippen MR) is 108 cm³/mol. The zero-order valence-electron chi connectivity index (χ0n) is 16.4. The molecule has 152 valence electrons. The second kappa shape index (κ2) is 7.83. The third kappa shape index (κ3) is 3.70. The molecule has 2 N–H and O–H groups in total. The molecule has 1 aromatic heterocycles. The first-order valence-electron chi connectivity index (χ1n) is 9.93. The Bertz CT molecular complexity index is 941. The number of rotatable bonds is 7. The van der Waals surface area contributed by atoms with Crippen LogP contribution in [0.25, 0.3) is 10.9 Å². The molecule has 1 amide bonds. The molecule has 4 atom stereocenters. The van der Waals surface area contributed by atoms with Gasteiger partial charge in [0.25, 0.3) is 0 Å². The summed E-state index contributed by atoms with van der Waals surface area (Å²) >= 11 is 0. The van der Waals surface area contributed by atoms with E-state index in [0.29, 0.717) is 19.4 Å². The van der Waals surface area contributed by atoms with E-state index in [-0.39, 0.29) is 24.5 Å². The Morgan fingerprint density at radius 2 is 2.21 bits per heavy atom. The summed E-state index contributed by atoms with van der Waals surface area (Å²) in [7, 11) is 0. The lowest BCUT2D eigenvalue weighted by atomic mass is 10.1. The molecule has 2 aromatic rings. The number of aromatic nitrogens is 1. The summed E-state index contributed by atoms with van der Waals surface area (Å²) < 4.78 is 11.3. The minimum atomic E-state index is -0.975. The molecule has 1 aliphatic carbocycles. The molecule has 1 aromatic carbocycles. The van der Waals surface area contributed by atoms with E-state index in [0.717, 1.165) is 16.7 Å². The maximum Gasteiger partial charge on any atom is 0.332 e. The smallest absolute Gasteiger partial charge is 0.332 e.